The molecule has 1 fully saturated rings. The highest BCUT2D eigenvalue weighted by Gasteiger charge is 2.22. The highest BCUT2D eigenvalue weighted by atomic mass is 16.5. The molecule has 25 heavy (non-hydrogen) atoms. The van der Waals surface area contributed by atoms with Gasteiger partial charge in [-0.25, -0.2) is 4.99 Å². The van der Waals surface area contributed by atoms with Gasteiger partial charge in [0, 0.05) is 18.0 Å². The largest absolute Gasteiger partial charge is 0.493 e. The Hall–Kier alpha value is -2.24. The molecule has 1 amide bonds. The monoisotopic (exact) mass is 344 g/mol. The Labute approximate surface area is 149 Å². The number of para-hydroxylation sites is 1. The maximum absolute atomic E-state index is 12.2. The standard InChI is InChI=1S/C19H28N4O2/c20-19(22-14-7-3-1-2-4-8-14)21-13-18(24)23-16-11-12-25-17-10-6-5-9-15(16)17/h5-6,9-10,14,16H,1-4,7-8,11-13H2,(H,23,24)(H3,20,21,22). The molecule has 1 atom stereocenters. The van der Waals surface area contributed by atoms with Crippen molar-refractivity contribution in [3.05, 3.63) is 29.8 Å². The Bertz CT molecular complexity index is 609. The lowest BCUT2D eigenvalue weighted by Gasteiger charge is -2.26. The fourth-order valence-corrected chi connectivity index (χ4v) is 3.57. The van der Waals surface area contributed by atoms with Crippen LogP contribution in [0, 0.1) is 0 Å². The van der Waals surface area contributed by atoms with Gasteiger partial charge in [0.2, 0.25) is 5.91 Å². The predicted molar refractivity (Wildman–Crippen MR) is 98.6 cm³/mol. The molecule has 6 nitrogen and oxygen atoms in total. The molecule has 3 rings (SSSR count). The summed E-state index contributed by atoms with van der Waals surface area (Å²) in [5.41, 5.74) is 6.98. The number of ether oxygens (including phenoxy) is 1. The maximum Gasteiger partial charge on any atom is 0.242 e. The normalized spacial score (nSPS) is 21.6. The second kappa shape index (κ2) is 8.74. The van der Waals surface area contributed by atoms with Gasteiger partial charge in [-0.05, 0) is 18.9 Å². The molecule has 1 aliphatic carbocycles. The van der Waals surface area contributed by atoms with Crippen LogP contribution in [0.4, 0.5) is 0 Å². The Morgan fingerprint density at radius 3 is 2.68 bits per heavy atom. The lowest BCUT2D eigenvalue weighted by Crippen LogP contribution is -2.41. The summed E-state index contributed by atoms with van der Waals surface area (Å²) in [7, 11) is 0. The summed E-state index contributed by atoms with van der Waals surface area (Å²) in [6.07, 6.45) is 8.07. The molecule has 1 unspecified atom stereocenters. The second-order valence-electron chi connectivity index (χ2n) is 6.83. The van der Waals surface area contributed by atoms with E-state index in [1.807, 2.05) is 24.3 Å². The first-order chi connectivity index (χ1) is 12.2. The van der Waals surface area contributed by atoms with E-state index in [2.05, 4.69) is 15.6 Å². The molecular weight excluding hydrogens is 316 g/mol. The van der Waals surface area contributed by atoms with Gasteiger partial charge >= 0.3 is 0 Å². The number of carbonyl (C=O) groups is 1. The number of aliphatic imine (C=N–C) groups is 1. The number of carbonyl (C=O) groups excluding carboxylic acids is 1. The molecule has 1 heterocycles. The van der Waals surface area contributed by atoms with Crippen LogP contribution < -0.4 is 21.1 Å². The van der Waals surface area contributed by atoms with Crippen molar-refractivity contribution in [2.24, 2.45) is 10.7 Å². The molecule has 0 spiro atoms. The van der Waals surface area contributed by atoms with Crippen molar-refractivity contribution in [1.82, 2.24) is 10.6 Å². The van der Waals surface area contributed by atoms with Gasteiger partial charge in [0.05, 0.1) is 12.6 Å². The third-order valence-electron chi connectivity index (χ3n) is 4.89. The van der Waals surface area contributed by atoms with E-state index in [1.165, 1.54) is 25.7 Å². The Balaban J connectivity index is 1.49. The summed E-state index contributed by atoms with van der Waals surface area (Å²) in [6, 6.07) is 8.18. The summed E-state index contributed by atoms with van der Waals surface area (Å²) < 4.78 is 5.62. The van der Waals surface area contributed by atoms with Crippen LogP contribution in [0.5, 0.6) is 5.75 Å². The van der Waals surface area contributed by atoms with Crippen LogP contribution in [0.15, 0.2) is 29.3 Å². The maximum atomic E-state index is 12.2. The average Bonchev–Trinajstić information content (AvgIpc) is 2.89. The Morgan fingerprint density at radius 1 is 1.12 bits per heavy atom. The predicted octanol–water partition coefficient (Wildman–Crippen LogP) is 2.25. The van der Waals surface area contributed by atoms with Gasteiger partial charge in [-0.15, -0.1) is 0 Å². The third kappa shape index (κ3) is 5.11. The molecule has 1 aromatic rings. The highest BCUT2D eigenvalue weighted by molar-refractivity contribution is 5.84. The lowest BCUT2D eigenvalue weighted by molar-refractivity contribution is -0.120. The van der Waals surface area contributed by atoms with Crippen molar-refractivity contribution in [1.29, 1.82) is 0 Å². The van der Waals surface area contributed by atoms with Gasteiger partial charge in [-0.1, -0.05) is 43.9 Å². The van der Waals surface area contributed by atoms with E-state index in [0.29, 0.717) is 18.6 Å². The zero-order valence-corrected chi connectivity index (χ0v) is 14.7. The van der Waals surface area contributed by atoms with Gasteiger partial charge < -0.3 is 21.1 Å². The summed E-state index contributed by atoms with van der Waals surface area (Å²) >= 11 is 0. The zero-order valence-electron chi connectivity index (χ0n) is 14.7. The zero-order chi connectivity index (χ0) is 17.5. The number of hydrogen-bond donors (Lipinski definition) is 3. The van der Waals surface area contributed by atoms with Crippen LogP contribution >= 0.6 is 0 Å². The molecule has 0 bridgehead atoms. The quantitative estimate of drug-likeness (QED) is 0.444. The van der Waals surface area contributed by atoms with Crippen molar-refractivity contribution in [2.75, 3.05) is 13.2 Å². The van der Waals surface area contributed by atoms with Crippen molar-refractivity contribution >= 4 is 11.9 Å². The molecule has 136 valence electrons. The number of nitrogens with zero attached hydrogens (tertiary/aromatic N) is 1. The van der Waals surface area contributed by atoms with Crippen LogP contribution in [0.25, 0.3) is 0 Å². The minimum Gasteiger partial charge on any atom is -0.493 e. The number of fused-ring (bicyclic) bond motifs is 1. The van der Waals surface area contributed by atoms with Crippen LogP contribution in [-0.2, 0) is 4.79 Å². The minimum absolute atomic E-state index is 0.0244. The van der Waals surface area contributed by atoms with E-state index in [0.717, 1.165) is 30.6 Å². The second-order valence-corrected chi connectivity index (χ2v) is 6.83. The van der Waals surface area contributed by atoms with E-state index in [4.69, 9.17) is 10.5 Å². The summed E-state index contributed by atoms with van der Waals surface area (Å²) in [4.78, 5) is 16.4. The van der Waals surface area contributed by atoms with E-state index >= 15 is 0 Å². The fraction of sp³-hybridized carbons (Fsp3) is 0.579. The lowest BCUT2D eigenvalue weighted by atomic mass is 10.0. The van der Waals surface area contributed by atoms with Gasteiger partial charge in [0.15, 0.2) is 5.96 Å². The molecule has 4 N–H and O–H groups in total. The molecule has 2 aliphatic rings. The number of nitrogens with one attached hydrogen (secondary N) is 2. The molecular formula is C19H28N4O2. The topological polar surface area (TPSA) is 88.7 Å². The van der Waals surface area contributed by atoms with Crippen molar-refractivity contribution < 1.29 is 9.53 Å². The number of guanidine groups is 1. The molecule has 0 aromatic heterocycles. The number of amides is 1. The van der Waals surface area contributed by atoms with E-state index < -0.39 is 0 Å². The average molecular weight is 344 g/mol. The first-order valence-corrected chi connectivity index (χ1v) is 9.30. The number of benzene rings is 1. The van der Waals surface area contributed by atoms with Crippen LogP contribution in [0.3, 0.4) is 0 Å². The smallest absolute Gasteiger partial charge is 0.242 e. The van der Waals surface area contributed by atoms with Crippen LogP contribution in [0.2, 0.25) is 0 Å². The molecule has 1 saturated carbocycles. The van der Waals surface area contributed by atoms with E-state index in [1.54, 1.807) is 0 Å². The van der Waals surface area contributed by atoms with Crippen LogP contribution in [-0.4, -0.2) is 31.1 Å². The van der Waals surface area contributed by atoms with Gasteiger partial charge in [0.25, 0.3) is 0 Å². The van der Waals surface area contributed by atoms with Crippen LogP contribution in [0.1, 0.15) is 56.6 Å². The van der Waals surface area contributed by atoms with E-state index in [-0.39, 0.29) is 18.5 Å². The van der Waals surface area contributed by atoms with Crippen molar-refractivity contribution in [3.8, 4) is 5.75 Å². The molecule has 1 aliphatic heterocycles. The van der Waals surface area contributed by atoms with Crippen molar-refractivity contribution in [3.63, 3.8) is 0 Å². The van der Waals surface area contributed by atoms with Gasteiger partial charge in [0.1, 0.15) is 12.3 Å². The SMILES string of the molecule is NC(=NCC(=O)NC1CCOc2ccccc21)NC1CCCCCC1. The van der Waals surface area contributed by atoms with Gasteiger partial charge in [-0.3, -0.25) is 4.79 Å². The third-order valence-corrected chi connectivity index (χ3v) is 4.89. The highest BCUT2D eigenvalue weighted by Crippen LogP contribution is 2.31. The van der Waals surface area contributed by atoms with Crippen molar-refractivity contribution in [2.45, 2.75) is 57.0 Å². The minimum atomic E-state index is -0.118. The molecule has 1 aromatic carbocycles. The fourth-order valence-electron chi connectivity index (χ4n) is 3.57. The molecule has 6 heteroatoms. The number of rotatable bonds is 4. The summed E-state index contributed by atoms with van der Waals surface area (Å²) in [6.45, 7) is 0.654. The molecule has 0 saturated heterocycles. The number of nitrogens with two attached hydrogens (primary N) is 1. The molecule has 0 radical (unpaired) electrons. The van der Waals surface area contributed by atoms with Gasteiger partial charge in [-0.2, -0.15) is 0 Å². The summed E-state index contributed by atoms with van der Waals surface area (Å²) in [5.74, 6) is 1.10. The number of hydrogen-bond acceptors (Lipinski definition) is 3. The Kier molecular flexibility index (Phi) is 6.14. The first kappa shape index (κ1) is 17.6. The Morgan fingerprint density at radius 2 is 1.88 bits per heavy atom. The van der Waals surface area contributed by atoms with E-state index in [9.17, 15) is 4.79 Å². The first-order valence-electron chi connectivity index (χ1n) is 9.30. The summed E-state index contributed by atoms with van der Waals surface area (Å²) in [5, 5.41) is 6.30.